The van der Waals surface area contributed by atoms with Crippen molar-refractivity contribution in [3.05, 3.63) is 41.7 Å². The van der Waals surface area contributed by atoms with Crippen molar-refractivity contribution in [2.75, 3.05) is 0 Å². The van der Waals surface area contributed by atoms with Gasteiger partial charge in [0.15, 0.2) is 0 Å². The third-order valence-corrected chi connectivity index (χ3v) is 4.95. The molecule has 0 spiro atoms. The van der Waals surface area contributed by atoms with Gasteiger partial charge in [0, 0.05) is 17.3 Å². The van der Waals surface area contributed by atoms with Gasteiger partial charge in [-0.05, 0) is 48.5 Å². The molecule has 2 unspecified atom stereocenters. The molecule has 1 aromatic heterocycles. The quantitative estimate of drug-likeness (QED) is 0.659. The van der Waals surface area contributed by atoms with Crippen LogP contribution in [0, 0.1) is 5.92 Å². The molecule has 0 radical (unpaired) electrons. The molecule has 1 fully saturated rings. The Balaban J connectivity index is 1.95. The van der Waals surface area contributed by atoms with E-state index < -0.39 is 0 Å². The van der Waals surface area contributed by atoms with Crippen LogP contribution in [0.5, 0.6) is 0 Å². The summed E-state index contributed by atoms with van der Waals surface area (Å²) in [5.41, 5.74) is 2.99. The first-order valence-corrected chi connectivity index (χ1v) is 7.30. The summed E-state index contributed by atoms with van der Waals surface area (Å²) >= 11 is 0. The van der Waals surface area contributed by atoms with Crippen LogP contribution in [0.2, 0.25) is 0 Å². The summed E-state index contributed by atoms with van der Waals surface area (Å²) in [6, 6.07) is 8.80. The second-order valence-corrected chi connectivity index (χ2v) is 5.90. The van der Waals surface area contributed by atoms with Gasteiger partial charge >= 0.3 is 0 Å². The molecule has 0 saturated heterocycles. The van der Waals surface area contributed by atoms with Gasteiger partial charge in [0.2, 0.25) is 0 Å². The van der Waals surface area contributed by atoms with E-state index in [9.17, 15) is 0 Å². The summed E-state index contributed by atoms with van der Waals surface area (Å²) < 4.78 is 0. The Labute approximate surface area is 108 Å². The topological polar surface area (TPSA) is 12.9 Å². The lowest BCUT2D eigenvalue weighted by atomic mass is 9.68. The molecule has 0 aliphatic heterocycles. The zero-order valence-electron chi connectivity index (χ0n) is 10.7. The average Bonchev–Trinajstić information content (AvgIpc) is 2.46. The highest BCUT2D eigenvalue weighted by Crippen LogP contribution is 2.46. The van der Waals surface area contributed by atoms with Crippen molar-refractivity contribution in [2.24, 2.45) is 5.92 Å². The molecule has 2 aliphatic carbocycles. The maximum Gasteiger partial charge on any atom is 0.0445 e. The maximum atomic E-state index is 4.74. The van der Waals surface area contributed by atoms with E-state index in [0.717, 1.165) is 11.8 Å². The fourth-order valence-electron chi connectivity index (χ4n) is 4.10. The summed E-state index contributed by atoms with van der Waals surface area (Å²) in [6.45, 7) is 0. The lowest BCUT2D eigenvalue weighted by Crippen LogP contribution is -2.25. The minimum absolute atomic E-state index is 0.793. The molecule has 92 valence electrons. The molecule has 4 rings (SSSR count). The van der Waals surface area contributed by atoms with Gasteiger partial charge in [0.1, 0.15) is 0 Å². The van der Waals surface area contributed by atoms with Crippen LogP contribution in [0.25, 0.3) is 10.8 Å². The first-order valence-electron chi connectivity index (χ1n) is 7.30. The number of fused-ring (bicyclic) bond motifs is 5. The number of pyridine rings is 1. The molecule has 1 nitrogen and oxygen atoms in total. The summed E-state index contributed by atoms with van der Waals surface area (Å²) in [5, 5.41) is 2.79. The van der Waals surface area contributed by atoms with E-state index in [1.54, 1.807) is 5.56 Å². The summed E-state index contributed by atoms with van der Waals surface area (Å²) in [7, 11) is 0. The van der Waals surface area contributed by atoms with Crippen molar-refractivity contribution in [3.63, 3.8) is 0 Å². The number of aryl methyl sites for hydroxylation is 1. The molecule has 2 atom stereocenters. The second-order valence-electron chi connectivity index (χ2n) is 5.90. The van der Waals surface area contributed by atoms with Gasteiger partial charge in [-0.1, -0.05) is 37.1 Å². The Morgan fingerprint density at radius 1 is 1.00 bits per heavy atom. The van der Waals surface area contributed by atoms with Crippen LogP contribution in [0.3, 0.4) is 0 Å². The first-order chi connectivity index (χ1) is 8.93. The largest absolute Gasteiger partial charge is 0.260 e. The van der Waals surface area contributed by atoms with Crippen molar-refractivity contribution in [1.82, 2.24) is 4.98 Å². The number of aromatic nitrogens is 1. The average molecular weight is 237 g/mol. The summed E-state index contributed by atoms with van der Waals surface area (Å²) in [5.74, 6) is 1.72. The lowest BCUT2D eigenvalue weighted by Gasteiger charge is -2.37. The zero-order chi connectivity index (χ0) is 11.9. The van der Waals surface area contributed by atoms with Crippen LogP contribution >= 0.6 is 0 Å². The van der Waals surface area contributed by atoms with E-state index in [1.165, 1.54) is 55.0 Å². The Morgan fingerprint density at radius 2 is 1.89 bits per heavy atom. The van der Waals surface area contributed by atoms with Crippen LogP contribution in [-0.4, -0.2) is 4.98 Å². The molecule has 1 saturated carbocycles. The van der Waals surface area contributed by atoms with E-state index in [4.69, 9.17) is 4.98 Å². The summed E-state index contributed by atoms with van der Waals surface area (Å²) in [4.78, 5) is 4.74. The number of nitrogens with zero attached hydrogens (tertiary/aromatic N) is 1. The second kappa shape index (κ2) is 4.08. The Kier molecular flexibility index (Phi) is 2.39. The Bertz CT molecular complexity index is 587. The minimum atomic E-state index is 0.793. The molecule has 1 heterocycles. The molecule has 0 amide bonds. The van der Waals surface area contributed by atoms with Crippen LogP contribution in [-0.2, 0) is 6.42 Å². The predicted molar refractivity (Wildman–Crippen MR) is 74.8 cm³/mol. The standard InChI is InChI=1S/C17H19N/c1-3-7-14-12(5-1)9-10-16-17(14)15-8-4-2-6-13(15)11-18-16/h2,4,6,8,11-12,14H,1,3,5,7,9-10H2. The molecule has 18 heavy (non-hydrogen) atoms. The smallest absolute Gasteiger partial charge is 0.0445 e. The number of rotatable bonds is 0. The van der Waals surface area contributed by atoms with E-state index in [-0.39, 0.29) is 0 Å². The van der Waals surface area contributed by atoms with Gasteiger partial charge in [-0.3, -0.25) is 4.98 Å². The van der Waals surface area contributed by atoms with Gasteiger partial charge in [0.25, 0.3) is 0 Å². The molecule has 1 heteroatoms. The van der Waals surface area contributed by atoms with E-state index in [1.807, 2.05) is 0 Å². The van der Waals surface area contributed by atoms with Crippen molar-refractivity contribution < 1.29 is 0 Å². The zero-order valence-corrected chi connectivity index (χ0v) is 10.7. The van der Waals surface area contributed by atoms with Gasteiger partial charge < -0.3 is 0 Å². The van der Waals surface area contributed by atoms with Crippen molar-refractivity contribution >= 4 is 10.8 Å². The van der Waals surface area contributed by atoms with E-state index in [2.05, 4.69) is 30.5 Å². The molecule has 0 bridgehead atoms. The highest BCUT2D eigenvalue weighted by atomic mass is 14.7. The van der Waals surface area contributed by atoms with Crippen LogP contribution in [0.4, 0.5) is 0 Å². The third-order valence-electron chi connectivity index (χ3n) is 4.95. The molecular weight excluding hydrogens is 218 g/mol. The molecular formula is C17H19N. The van der Waals surface area contributed by atoms with E-state index >= 15 is 0 Å². The molecule has 2 aromatic rings. The van der Waals surface area contributed by atoms with Gasteiger partial charge in [-0.25, -0.2) is 0 Å². The first kappa shape index (κ1) is 10.5. The number of hydrogen-bond acceptors (Lipinski definition) is 1. The highest BCUT2D eigenvalue weighted by Gasteiger charge is 2.33. The van der Waals surface area contributed by atoms with Crippen molar-refractivity contribution in [2.45, 2.75) is 44.4 Å². The molecule has 2 aliphatic rings. The van der Waals surface area contributed by atoms with Gasteiger partial charge in [-0.15, -0.1) is 0 Å². The Hall–Kier alpha value is -1.37. The van der Waals surface area contributed by atoms with E-state index in [0.29, 0.717) is 0 Å². The minimum Gasteiger partial charge on any atom is -0.260 e. The number of hydrogen-bond donors (Lipinski definition) is 0. The molecule has 1 aromatic carbocycles. The fourth-order valence-corrected chi connectivity index (χ4v) is 4.10. The monoisotopic (exact) mass is 237 g/mol. The lowest BCUT2D eigenvalue weighted by molar-refractivity contribution is 0.275. The number of benzene rings is 1. The van der Waals surface area contributed by atoms with Crippen LogP contribution in [0.15, 0.2) is 30.5 Å². The Morgan fingerprint density at radius 3 is 2.89 bits per heavy atom. The summed E-state index contributed by atoms with van der Waals surface area (Å²) in [6.07, 6.45) is 10.3. The van der Waals surface area contributed by atoms with Crippen LogP contribution in [0.1, 0.15) is 49.3 Å². The molecule has 0 N–H and O–H groups in total. The predicted octanol–water partition coefficient (Wildman–Crippen LogP) is 4.45. The normalized spacial score (nSPS) is 26.7. The van der Waals surface area contributed by atoms with Gasteiger partial charge in [0.05, 0.1) is 0 Å². The third kappa shape index (κ3) is 1.50. The van der Waals surface area contributed by atoms with Gasteiger partial charge in [-0.2, -0.15) is 0 Å². The van der Waals surface area contributed by atoms with Crippen molar-refractivity contribution in [1.29, 1.82) is 0 Å². The maximum absolute atomic E-state index is 4.74. The SMILES string of the molecule is c1ccc2c3c(ncc2c1)CCC1CCCCC31. The fraction of sp³-hybridized carbons (Fsp3) is 0.471. The highest BCUT2D eigenvalue weighted by molar-refractivity contribution is 5.86. The van der Waals surface area contributed by atoms with Crippen molar-refractivity contribution in [3.8, 4) is 0 Å². The van der Waals surface area contributed by atoms with Crippen LogP contribution < -0.4 is 0 Å².